The Morgan fingerprint density at radius 1 is 1.12 bits per heavy atom. The second kappa shape index (κ2) is 9.33. The van der Waals surface area contributed by atoms with Crippen molar-refractivity contribution >= 4 is 11.6 Å². The van der Waals surface area contributed by atoms with Gasteiger partial charge in [-0.05, 0) is 44.5 Å². The second-order valence-corrected chi connectivity index (χ2v) is 8.92. The molecule has 1 aliphatic rings. The molecule has 1 saturated heterocycles. The Balaban J connectivity index is 1.43. The number of halogens is 1. The summed E-state index contributed by atoms with van der Waals surface area (Å²) in [7, 11) is 0. The molecule has 2 atom stereocenters. The van der Waals surface area contributed by atoms with E-state index in [4.69, 9.17) is 0 Å². The fourth-order valence-electron chi connectivity index (χ4n) is 3.98. The highest BCUT2D eigenvalue weighted by Gasteiger charge is 2.37. The average Bonchev–Trinajstić information content (AvgIpc) is 3.15. The molecule has 3 heterocycles. The van der Waals surface area contributed by atoms with E-state index in [2.05, 4.69) is 20.3 Å². The normalized spacial score (nSPS) is 18.9. The predicted molar refractivity (Wildman–Crippen MR) is 124 cm³/mol. The molecule has 8 heteroatoms. The quantitative estimate of drug-likeness (QED) is 0.597. The van der Waals surface area contributed by atoms with Gasteiger partial charge in [-0.3, -0.25) is 24.6 Å². The van der Waals surface area contributed by atoms with Crippen LogP contribution in [-0.2, 0) is 16.9 Å². The van der Waals surface area contributed by atoms with Crippen LogP contribution in [0.5, 0.6) is 0 Å². The van der Waals surface area contributed by atoms with E-state index in [1.54, 1.807) is 38.5 Å². The lowest BCUT2D eigenvalue weighted by atomic mass is 10.0. The molecule has 172 valence electrons. The molecule has 0 spiro atoms. The van der Waals surface area contributed by atoms with Crippen LogP contribution in [0.15, 0.2) is 55.0 Å². The number of aliphatic hydroxyl groups is 1. The van der Waals surface area contributed by atoms with E-state index in [0.717, 1.165) is 22.5 Å². The van der Waals surface area contributed by atoms with Crippen LogP contribution in [0.3, 0.4) is 0 Å². The fraction of sp³-hybridized carbons (Fsp3) is 0.360. The number of carbonyl (C=O) groups excluding carboxylic acids is 1. The number of aromatic nitrogens is 3. The lowest BCUT2D eigenvalue weighted by molar-refractivity contribution is -0.120. The predicted octanol–water partition coefficient (Wildman–Crippen LogP) is 3.63. The molecule has 1 aliphatic heterocycles. The largest absolute Gasteiger partial charge is 0.384 e. The van der Waals surface area contributed by atoms with E-state index in [0.29, 0.717) is 17.9 Å². The summed E-state index contributed by atoms with van der Waals surface area (Å²) < 4.78 is 14.2. The molecular formula is C25H28FN5O2. The van der Waals surface area contributed by atoms with Crippen LogP contribution in [0.4, 0.5) is 10.1 Å². The zero-order valence-corrected chi connectivity index (χ0v) is 19.0. The van der Waals surface area contributed by atoms with Gasteiger partial charge in [-0.1, -0.05) is 18.2 Å². The van der Waals surface area contributed by atoms with Crippen LogP contribution in [0.1, 0.15) is 37.4 Å². The molecule has 33 heavy (non-hydrogen) atoms. The maximum atomic E-state index is 14.2. The summed E-state index contributed by atoms with van der Waals surface area (Å²) in [6.07, 6.45) is 4.04. The molecule has 2 aromatic heterocycles. The number of nitrogens with one attached hydrogen (secondary N) is 1. The van der Waals surface area contributed by atoms with Crippen molar-refractivity contribution in [3.63, 3.8) is 0 Å². The minimum Gasteiger partial charge on any atom is -0.384 e. The van der Waals surface area contributed by atoms with E-state index < -0.39 is 17.8 Å². The number of pyridine rings is 1. The van der Waals surface area contributed by atoms with Crippen LogP contribution in [0, 0.1) is 6.92 Å². The van der Waals surface area contributed by atoms with Crippen LogP contribution in [-0.4, -0.2) is 49.6 Å². The minimum atomic E-state index is -1.06. The lowest BCUT2D eigenvalue weighted by Gasteiger charge is -2.23. The summed E-state index contributed by atoms with van der Waals surface area (Å²) in [6.45, 7) is 5.82. The summed E-state index contributed by atoms with van der Waals surface area (Å²) in [5.74, 6) is -0.236. The third kappa shape index (κ3) is 5.40. The number of benzene rings is 1. The van der Waals surface area contributed by atoms with Crippen LogP contribution in [0.2, 0.25) is 0 Å². The number of hydrogen-bond acceptors (Lipinski definition) is 6. The minimum absolute atomic E-state index is 0.155. The summed E-state index contributed by atoms with van der Waals surface area (Å²) >= 11 is 0. The first-order chi connectivity index (χ1) is 15.7. The van der Waals surface area contributed by atoms with E-state index >= 15 is 0 Å². The van der Waals surface area contributed by atoms with Crippen molar-refractivity contribution in [2.45, 2.75) is 51.6 Å². The van der Waals surface area contributed by atoms with Gasteiger partial charge in [-0.15, -0.1) is 0 Å². The third-order valence-corrected chi connectivity index (χ3v) is 5.87. The SMILES string of the molecule is Cc1nccnc1CN1C[C@@H](F)C[C@@H]1C(=O)Nc1ccc(-c2ccc(C(C)(C)O)nc2)cc1. The van der Waals surface area contributed by atoms with E-state index in [9.17, 15) is 14.3 Å². The topological polar surface area (TPSA) is 91.2 Å². The highest BCUT2D eigenvalue weighted by molar-refractivity contribution is 5.95. The molecular weight excluding hydrogens is 421 g/mol. The van der Waals surface area contributed by atoms with Gasteiger partial charge in [0, 0.05) is 49.4 Å². The van der Waals surface area contributed by atoms with Crippen molar-refractivity contribution < 1.29 is 14.3 Å². The smallest absolute Gasteiger partial charge is 0.241 e. The highest BCUT2D eigenvalue weighted by atomic mass is 19.1. The zero-order valence-electron chi connectivity index (χ0n) is 19.0. The van der Waals surface area contributed by atoms with Gasteiger partial charge in [0.1, 0.15) is 11.8 Å². The molecule has 1 amide bonds. The number of carbonyl (C=O) groups is 1. The van der Waals surface area contributed by atoms with Crippen molar-refractivity contribution in [2.75, 3.05) is 11.9 Å². The van der Waals surface area contributed by atoms with Crippen molar-refractivity contribution in [3.05, 3.63) is 72.1 Å². The molecule has 1 fully saturated rings. The van der Waals surface area contributed by atoms with Gasteiger partial charge in [0.05, 0.1) is 23.1 Å². The van der Waals surface area contributed by atoms with Crippen molar-refractivity contribution in [1.29, 1.82) is 0 Å². The summed E-state index contributed by atoms with van der Waals surface area (Å²) in [5, 5.41) is 13.0. The standard InChI is InChI=1S/C25H28FN5O2/c1-16-21(28-11-10-27-16)15-31-14-19(26)12-22(31)24(32)30-20-7-4-17(5-8-20)18-6-9-23(29-13-18)25(2,3)33/h4-11,13,19,22,33H,12,14-15H2,1-3H3,(H,30,32)/t19-,22+/m0/s1. The van der Waals surface area contributed by atoms with Gasteiger partial charge in [-0.25, -0.2) is 4.39 Å². The molecule has 1 aromatic carbocycles. The Hall–Kier alpha value is -3.23. The number of anilines is 1. The summed E-state index contributed by atoms with van der Waals surface area (Å²) in [6, 6.07) is 10.5. The third-order valence-electron chi connectivity index (χ3n) is 5.87. The van der Waals surface area contributed by atoms with E-state index in [1.807, 2.05) is 42.2 Å². The molecule has 0 aliphatic carbocycles. The van der Waals surface area contributed by atoms with Gasteiger partial charge in [-0.2, -0.15) is 0 Å². The Bertz CT molecular complexity index is 1110. The van der Waals surface area contributed by atoms with Crippen molar-refractivity contribution in [3.8, 4) is 11.1 Å². The Labute approximate surface area is 192 Å². The molecule has 7 nitrogen and oxygen atoms in total. The molecule has 0 unspecified atom stereocenters. The fourth-order valence-corrected chi connectivity index (χ4v) is 3.98. The van der Waals surface area contributed by atoms with Gasteiger partial charge in [0.2, 0.25) is 5.91 Å². The van der Waals surface area contributed by atoms with Crippen LogP contribution < -0.4 is 5.32 Å². The molecule has 0 bridgehead atoms. The van der Waals surface area contributed by atoms with Crippen molar-refractivity contribution in [1.82, 2.24) is 19.9 Å². The Morgan fingerprint density at radius 2 is 1.82 bits per heavy atom. The maximum Gasteiger partial charge on any atom is 0.241 e. The molecule has 3 aromatic rings. The molecule has 0 radical (unpaired) electrons. The molecule has 4 rings (SSSR count). The highest BCUT2D eigenvalue weighted by Crippen LogP contribution is 2.26. The first-order valence-electron chi connectivity index (χ1n) is 11.0. The van der Waals surface area contributed by atoms with Gasteiger partial charge in [0.25, 0.3) is 0 Å². The van der Waals surface area contributed by atoms with Crippen LogP contribution >= 0.6 is 0 Å². The number of rotatable bonds is 6. The van der Waals surface area contributed by atoms with E-state index in [-0.39, 0.29) is 18.9 Å². The number of aryl methyl sites for hydroxylation is 1. The first kappa shape index (κ1) is 22.9. The number of amides is 1. The number of alkyl halides is 1. The van der Waals surface area contributed by atoms with Gasteiger partial charge < -0.3 is 10.4 Å². The lowest BCUT2D eigenvalue weighted by Crippen LogP contribution is -2.39. The summed E-state index contributed by atoms with van der Waals surface area (Å²) in [5.41, 5.74) is 3.61. The summed E-state index contributed by atoms with van der Waals surface area (Å²) in [4.78, 5) is 27.7. The molecule has 0 saturated carbocycles. The van der Waals surface area contributed by atoms with E-state index in [1.165, 1.54) is 0 Å². The van der Waals surface area contributed by atoms with Crippen LogP contribution in [0.25, 0.3) is 11.1 Å². The number of nitrogens with zero attached hydrogens (tertiary/aromatic N) is 4. The maximum absolute atomic E-state index is 14.2. The second-order valence-electron chi connectivity index (χ2n) is 8.92. The first-order valence-corrected chi connectivity index (χ1v) is 11.0. The van der Waals surface area contributed by atoms with Gasteiger partial charge in [0.15, 0.2) is 0 Å². The van der Waals surface area contributed by atoms with Gasteiger partial charge >= 0.3 is 0 Å². The number of likely N-dealkylation sites (tertiary alicyclic amines) is 1. The monoisotopic (exact) mass is 449 g/mol. The number of hydrogen-bond donors (Lipinski definition) is 2. The average molecular weight is 450 g/mol. The molecule has 2 N–H and O–H groups in total. The Kier molecular flexibility index (Phi) is 6.49. The Morgan fingerprint density at radius 3 is 2.45 bits per heavy atom. The zero-order chi connectivity index (χ0) is 23.6. The van der Waals surface area contributed by atoms with Crippen molar-refractivity contribution in [2.24, 2.45) is 0 Å².